The van der Waals surface area contributed by atoms with Gasteiger partial charge in [0.05, 0.1) is 0 Å². The molecule has 1 aromatic rings. The summed E-state index contributed by atoms with van der Waals surface area (Å²) in [6.07, 6.45) is 4.80. The Morgan fingerprint density at radius 3 is 2.46 bits per heavy atom. The van der Waals surface area contributed by atoms with Gasteiger partial charge in [-0.2, -0.15) is 0 Å². The summed E-state index contributed by atoms with van der Waals surface area (Å²) in [7, 11) is 0. The molecule has 0 aromatic heterocycles. The van der Waals surface area contributed by atoms with E-state index in [1.807, 2.05) is 24.3 Å². The molecule has 2 aliphatic rings. The van der Waals surface area contributed by atoms with Crippen LogP contribution >= 0.6 is 11.9 Å². The molecule has 1 atom stereocenters. The topological polar surface area (TPSA) is 75.6 Å². The first-order valence-corrected chi connectivity index (χ1v) is 9.58. The molecule has 1 unspecified atom stereocenters. The van der Waals surface area contributed by atoms with Crippen LogP contribution in [-0.2, 0) is 0 Å². The second-order valence-corrected chi connectivity index (χ2v) is 7.10. The Balaban J connectivity index is 1.67. The highest BCUT2D eigenvalue weighted by Gasteiger charge is 2.31. The smallest absolute Gasteiger partial charge is 0.254 e. The lowest BCUT2D eigenvalue weighted by molar-refractivity contribution is 0.0709. The average molecular weight is 347 g/mol. The number of hydrogen-bond donors (Lipinski definition) is 2. The lowest BCUT2D eigenvalue weighted by Crippen LogP contribution is -2.42. The molecule has 2 saturated heterocycles. The third-order valence-electron chi connectivity index (χ3n) is 4.97. The molecule has 4 N–H and O–H groups in total. The monoisotopic (exact) mass is 346 g/mol. The Labute approximate surface area is 148 Å². The summed E-state index contributed by atoms with van der Waals surface area (Å²) in [5, 5.41) is 7.10. The number of carbonyl (C=O) groups excluding carboxylic acids is 1. The van der Waals surface area contributed by atoms with Gasteiger partial charge in [0, 0.05) is 35.8 Å². The number of hydrogen-bond acceptors (Lipinski definition) is 5. The van der Waals surface area contributed by atoms with Gasteiger partial charge in [0.1, 0.15) is 0 Å². The normalized spacial score (nSPS) is 22.3. The molecule has 6 heteroatoms. The predicted octanol–water partition coefficient (Wildman–Crippen LogP) is 2.25. The van der Waals surface area contributed by atoms with E-state index in [1.54, 1.807) is 5.41 Å². The van der Waals surface area contributed by atoms with Crippen molar-refractivity contribution in [3.05, 3.63) is 40.8 Å². The molecular weight excluding hydrogens is 320 g/mol. The number of nitrogens with zero attached hydrogens (tertiary/aromatic N) is 2. The van der Waals surface area contributed by atoms with Crippen LogP contribution in [0.1, 0.15) is 41.6 Å². The van der Waals surface area contributed by atoms with Crippen LogP contribution in [0, 0.1) is 0 Å². The van der Waals surface area contributed by atoms with E-state index < -0.39 is 0 Å². The van der Waals surface area contributed by atoms with E-state index in [0.717, 1.165) is 49.0 Å². The second-order valence-electron chi connectivity index (χ2n) is 6.59. The third-order valence-corrected chi connectivity index (χ3v) is 5.36. The van der Waals surface area contributed by atoms with Crippen molar-refractivity contribution in [2.45, 2.75) is 31.7 Å². The minimum atomic E-state index is 0.138. The highest BCUT2D eigenvalue weighted by molar-refractivity contribution is 8.00. The van der Waals surface area contributed by atoms with Crippen molar-refractivity contribution >= 4 is 23.6 Å². The van der Waals surface area contributed by atoms with Crippen molar-refractivity contribution in [1.82, 2.24) is 9.80 Å². The van der Waals surface area contributed by atoms with Gasteiger partial charge >= 0.3 is 0 Å². The number of amides is 1. The van der Waals surface area contributed by atoms with Gasteiger partial charge in [-0.05, 0) is 56.5 Å². The van der Waals surface area contributed by atoms with Crippen molar-refractivity contribution in [2.75, 3.05) is 26.2 Å². The van der Waals surface area contributed by atoms with Gasteiger partial charge in [0.15, 0.2) is 0 Å². The number of nitrogens with two attached hydrogens (primary N) is 2. The van der Waals surface area contributed by atoms with Crippen LogP contribution in [0.15, 0.2) is 29.7 Å². The maximum Gasteiger partial charge on any atom is 0.254 e. The summed E-state index contributed by atoms with van der Waals surface area (Å²) < 4.78 is 0. The molecule has 0 bridgehead atoms. The van der Waals surface area contributed by atoms with E-state index in [-0.39, 0.29) is 5.91 Å². The van der Waals surface area contributed by atoms with Gasteiger partial charge in [0.25, 0.3) is 5.91 Å². The predicted molar refractivity (Wildman–Crippen MR) is 100 cm³/mol. The van der Waals surface area contributed by atoms with Crippen molar-refractivity contribution < 1.29 is 4.79 Å². The molecular formula is C18H26N4OS. The summed E-state index contributed by atoms with van der Waals surface area (Å²) in [5.74, 6) is 0.138. The van der Waals surface area contributed by atoms with E-state index in [0.29, 0.717) is 11.7 Å². The van der Waals surface area contributed by atoms with Gasteiger partial charge in [-0.15, -0.1) is 0 Å². The second kappa shape index (κ2) is 8.05. The van der Waals surface area contributed by atoms with E-state index in [9.17, 15) is 4.79 Å². The van der Waals surface area contributed by atoms with Crippen LogP contribution in [0.5, 0.6) is 0 Å². The Kier molecular flexibility index (Phi) is 5.81. The maximum atomic E-state index is 12.9. The zero-order valence-corrected chi connectivity index (χ0v) is 14.8. The molecule has 2 aliphatic heterocycles. The SMILES string of the molecule is NS/C=C(\N)c1ccc(C(=O)N2CCCC2CN2CCCC2)cc1. The fourth-order valence-corrected chi connectivity index (χ4v) is 3.95. The van der Waals surface area contributed by atoms with E-state index in [4.69, 9.17) is 10.9 Å². The van der Waals surface area contributed by atoms with Crippen LogP contribution in [0.3, 0.4) is 0 Å². The minimum Gasteiger partial charge on any atom is -0.398 e. The molecule has 0 saturated carbocycles. The van der Waals surface area contributed by atoms with Crippen LogP contribution in [0.25, 0.3) is 5.70 Å². The van der Waals surface area contributed by atoms with Gasteiger partial charge in [-0.25, -0.2) is 0 Å². The Morgan fingerprint density at radius 2 is 1.79 bits per heavy atom. The molecule has 3 rings (SSSR count). The molecule has 2 heterocycles. The summed E-state index contributed by atoms with van der Waals surface area (Å²) in [6, 6.07) is 7.87. The fraction of sp³-hybridized carbons (Fsp3) is 0.500. The maximum absolute atomic E-state index is 12.9. The van der Waals surface area contributed by atoms with E-state index in [2.05, 4.69) is 9.80 Å². The Bertz CT molecular complexity index is 596. The van der Waals surface area contributed by atoms with E-state index in [1.165, 1.54) is 25.9 Å². The molecule has 130 valence electrons. The third kappa shape index (κ3) is 3.94. The van der Waals surface area contributed by atoms with Gasteiger partial charge < -0.3 is 15.5 Å². The lowest BCUT2D eigenvalue weighted by Gasteiger charge is -2.28. The number of carbonyl (C=O) groups is 1. The highest BCUT2D eigenvalue weighted by atomic mass is 32.2. The first-order valence-electron chi connectivity index (χ1n) is 8.64. The summed E-state index contributed by atoms with van der Waals surface area (Å²) in [6.45, 7) is 4.24. The molecule has 1 amide bonds. The van der Waals surface area contributed by atoms with Crippen LogP contribution in [0.2, 0.25) is 0 Å². The lowest BCUT2D eigenvalue weighted by atomic mass is 10.1. The zero-order valence-electron chi connectivity index (χ0n) is 14.0. The van der Waals surface area contributed by atoms with Gasteiger partial charge in [0.2, 0.25) is 0 Å². The highest BCUT2D eigenvalue weighted by Crippen LogP contribution is 2.23. The van der Waals surface area contributed by atoms with Crippen molar-refractivity contribution in [2.24, 2.45) is 10.9 Å². The van der Waals surface area contributed by atoms with Gasteiger partial charge in [-0.3, -0.25) is 9.93 Å². The van der Waals surface area contributed by atoms with Crippen molar-refractivity contribution in [3.8, 4) is 0 Å². The largest absolute Gasteiger partial charge is 0.398 e. The molecule has 5 nitrogen and oxygen atoms in total. The molecule has 0 radical (unpaired) electrons. The van der Waals surface area contributed by atoms with Crippen LogP contribution < -0.4 is 10.9 Å². The van der Waals surface area contributed by atoms with Crippen LogP contribution in [0.4, 0.5) is 0 Å². The summed E-state index contributed by atoms with van der Waals surface area (Å²) in [4.78, 5) is 17.4. The molecule has 0 aliphatic carbocycles. The Hall–Kier alpha value is -1.50. The Morgan fingerprint density at radius 1 is 1.12 bits per heavy atom. The van der Waals surface area contributed by atoms with Crippen molar-refractivity contribution in [3.63, 3.8) is 0 Å². The molecule has 0 spiro atoms. The molecule has 24 heavy (non-hydrogen) atoms. The minimum absolute atomic E-state index is 0.138. The van der Waals surface area contributed by atoms with Crippen LogP contribution in [-0.4, -0.2) is 47.9 Å². The quantitative estimate of drug-likeness (QED) is 0.800. The molecule has 1 aromatic carbocycles. The standard InChI is InChI=1S/C18H26N4OS/c19-17(13-24-20)14-5-7-15(8-6-14)18(23)22-11-3-4-16(22)12-21-9-1-2-10-21/h5-8,13,16H,1-4,9-12,19-20H2/b17-13-. The number of rotatable bonds is 5. The van der Waals surface area contributed by atoms with Gasteiger partial charge in [-0.1, -0.05) is 24.1 Å². The zero-order chi connectivity index (χ0) is 16.9. The average Bonchev–Trinajstić information content (AvgIpc) is 3.27. The van der Waals surface area contributed by atoms with E-state index >= 15 is 0 Å². The van der Waals surface area contributed by atoms with Crippen molar-refractivity contribution in [1.29, 1.82) is 0 Å². The summed E-state index contributed by atoms with van der Waals surface area (Å²) >= 11 is 1.08. The number of benzene rings is 1. The number of likely N-dealkylation sites (tertiary alicyclic amines) is 2. The first kappa shape index (κ1) is 17.3. The fourth-order valence-electron chi connectivity index (χ4n) is 3.67. The molecule has 2 fully saturated rings. The first-order chi connectivity index (χ1) is 11.7. The summed E-state index contributed by atoms with van der Waals surface area (Å²) in [5.41, 5.74) is 8.17.